The Bertz CT molecular complexity index is 463. The number of benzene rings is 1. The Morgan fingerprint density at radius 3 is 2.50 bits per heavy atom. The van der Waals surface area contributed by atoms with Crippen LogP contribution in [0.2, 0.25) is 0 Å². The molecule has 0 aliphatic carbocycles. The molecule has 5 nitrogen and oxygen atoms in total. The first-order chi connectivity index (χ1) is 9.02. The summed E-state index contributed by atoms with van der Waals surface area (Å²) in [7, 11) is 0. The van der Waals surface area contributed by atoms with Gasteiger partial charge in [-0.05, 0) is 12.1 Å². The number of hydrogen-bond donors (Lipinski definition) is 3. The summed E-state index contributed by atoms with van der Waals surface area (Å²) < 4.78 is 24.6. The molecule has 2 amide bonds. The number of nitrogens with one attached hydrogen (secondary N) is 2. The third-order valence-corrected chi connectivity index (χ3v) is 2.80. The zero-order valence-electron chi connectivity index (χ0n) is 10.3. The lowest BCUT2D eigenvalue weighted by Gasteiger charge is -2.10. The molecule has 0 saturated heterocycles. The van der Waals surface area contributed by atoms with Crippen LogP contribution in [0.15, 0.2) is 29.2 Å². The van der Waals surface area contributed by atoms with Crippen molar-refractivity contribution < 1.29 is 18.4 Å². The molecule has 0 radical (unpaired) electrons. The maximum atomic E-state index is 12.3. The molecule has 0 atom stereocenters. The van der Waals surface area contributed by atoms with E-state index in [0.717, 1.165) is 0 Å². The second-order valence-electron chi connectivity index (χ2n) is 3.40. The Hall–Kier alpha value is -1.38. The summed E-state index contributed by atoms with van der Waals surface area (Å²) in [6.07, 6.45) is 0. The molecular formula is C11H14ClF2N3O2S. The van der Waals surface area contributed by atoms with Crippen molar-refractivity contribution in [1.29, 1.82) is 0 Å². The maximum Gasteiger partial charge on any atom is 0.288 e. The monoisotopic (exact) mass is 325 g/mol. The smallest absolute Gasteiger partial charge is 0.288 e. The van der Waals surface area contributed by atoms with Gasteiger partial charge in [-0.15, -0.1) is 12.4 Å². The van der Waals surface area contributed by atoms with Crippen LogP contribution in [0.25, 0.3) is 0 Å². The van der Waals surface area contributed by atoms with Gasteiger partial charge in [-0.1, -0.05) is 23.9 Å². The predicted octanol–water partition coefficient (Wildman–Crippen LogP) is 1.44. The molecule has 0 saturated carbocycles. The van der Waals surface area contributed by atoms with E-state index in [9.17, 15) is 18.4 Å². The number of para-hydroxylation sites is 1. The van der Waals surface area contributed by atoms with Gasteiger partial charge >= 0.3 is 0 Å². The molecule has 1 aromatic carbocycles. The summed E-state index contributed by atoms with van der Waals surface area (Å²) in [4.78, 5) is 22.6. The van der Waals surface area contributed by atoms with Crippen LogP contribution in [0, 0.1) is 0 Å². The lowest BCUT2D eigenvalue weighted by Crippen LogP contribution is -2.36. The number of amides is 2. The van der Waals surface area contributed by atoms with E-state index in [2.05, 4.69) is 10.6 Å². The lowest BCUT2D eigenvalue weighted by molar-refractivity contribution is -0.123. The van der Waals surface area contributed by atoms with E-state index >= 15 is 0 Å². The quantitative estimate of drug-likeness (QED) is 0.691. The van der Waals surface area contributed by atoms with Gasteiger partial charge in [-0.3, -0.25) is 9.59 Å². The second kappa shape index (κ2) is 9.51. The van der Waals surface area contributed by atoms with Gasteiger partial charge < -0.3 is 16.4 Å². The average molecular weight is 326 g/mol. The molecule has 20 heavy (non-hydrogen) atoms. The highest BCUT2D eigenvalue weighted by Crippen LogP contribution is 2.31. The molecule has 0 bridgehead atoms. The van der Waals surface area contributed by atoms with E-state index in [4.69, 9.17) is 5.73 Å². The molecule has 0 unspecified atom stereocenters. The number of alkyl halides is 2. The van der Waals surface area contributed by atoms with Gasteiger partial charge in [0, 0.05) is 4.90 Å². The Morgan fingerprint density at radius 1 is 1.25 bits per heavy atom. The zero-order chi connectivity index (χ0) is 14.3. The fourth-order valence-electron chi connectivity index (χ4n) is 1.21. The Morgan fingerprint density at radius 2 is 1.90 bits per heavy atom. The number of halogens is 3. The summed E-state index contributed by atoms with van der Waals surface area (Å²) in [6.45, 7) is -0.477. The minimum absolute atomic E-state index is 0. The fraction of sp³-hybridized carbons (Fsp3) is 0.273. The number of carbonyl (C=O) groups is 2. The highest BCUT2D eigenvalue weighted by molar-refractivity contribution is 7.99. The van der Waals surface area contributed by atoms with Crippen molar-refractivity contribution >= 4 is 41.7 Å². The normalized spacial score (nSPS) is 9.80. The van der Waals surface area contributed by atoms with Crippen molar-refractivity contribution in [2.75, 3.05) is 18.4 Å². The van der Waals surface area contributed by atoms with Gasteiger partial charge in [0.2, 0.25) is 11.8 Å². The minimum Gasteiger partial charge on any atom is -0.346 e. The van der Waals surface area contributed by atoms with Crippen molar-refractivity contribution in [3.05, 3.63) is 24.3 Å². The fourth-order valence-corrected chi connectivity index (χ4v) is 1.81. The third-order valence-electron chi connectivity index (χ3n) is 2.01. The summed E-state index contributed by atoms with van der Waals surface area (Å²) in [5.74, 6) is -3.55. The molecule has 9 heteroatoms. The van der Waals surface area contributed by atoms with Crippen LogP contribution in [-0.2, 0) is 9.59 Å². The van der Waals surface area contributed by atoms with Crippen LogP contribution in [0.5, 0.6) is 0 Å². The van der Waals surface area contributed by atoms with E-state index < -0.39 is 17.6 Å². The first kappa shape index (κ1) is 18.6. The van der Waals surface area contributed by atoms with Crippen molar-refractivity contribution in [3.63, 3.8) is 0 Å². The maximum absolute atomic E-state index is 12.3. The number of hydrogen-bond acceptors (Lipinski definition) is 4. The number of nitrogens with two attached hydrogens (primary N) is 1. The number of thioether (sulfide) groups is 1. The Balaban J connectivity index is 0.00000361. The molecule has 0 aromatic heterocycles. The SMILES string of the molecule is Cl.NCC(=O)NCC(=O)Nc1ccccc1SC(F)F. The van der Waals surface area contributed by atoms with Crippen LogP contribution in [0.1, 0.15) is 0 Å². The molecule has 4 N–H and O–H groups in total. The van der Waals surface area contributed by atoms with Crippen LogP contribution in [-0.4, -0.2) is 30.7 Å². The highest BCUT2D eigenvalue weighted by atomic mass is 35.5. The largest absolute Gasteiger partial charge is 0.346 e. The van der Waals surface area contributed by atoms with Crippen molar-refractivity contribution in [2.24, 2.45) is 5.73 Å². The predicted molar refractivity (Wildman–Crippen MR) is 76.2 cm³/mol. The van der Waals surface area contributed by atoms with Crippen molar-refractivity contribution in [3.8, 4) is 0 Å². The molecule has 112 valence electrons. The van der Waals surface area contributed by atoms with Crippen molar-refractivity contribution in [2.45, 2.75) is 10.7 Å². The summed E-state index contributed by atoms with van der Waals surface area (Å²) in [5.41, 5.74) is 5.34. The number of carbonyl (C=O) groups excluding carboxylic acids is 2. The van der Waals surface area contributed by atoms with E-state index in [1.807, 2.05) is 0 Å². The third kappa shape index (κ3) is 6.69. The van der Waals surface area contributed by atoms with Crippen LogP contribution >= 0.6 is 24.2 Å². The van der Waals surface area contributed by atoms with Crippen LogP contribution in [0.4, 0.5) is 14.5 Å². The Kier molecular flexibility index (Phi) is 8.86. The summed E-state index contributed by atoms with van der Waals surface area (Å²) in [6, 6.07) is 6.19. The van der Waals surface area contributed by atoms with Gasteiger partial charge in [0.05, 0.1) is 18.8 Å². The first-order valence-corrected chi connectivity index (χ1v) is 6.21. The van der Waals surface area contributed by atoms with Gasteiger partial charge in [-0.2, -0.15) is 8.78 Å². The van der Waals surface area contributed by atoms with Crippen molar-refractivity contribution in [1.82, 2.24) is 5.32 Å². The number of anilines is 1. The van der Waals surface area contributed by atoms with Gasteiger partial charge in [0.25, 0.3) is 5.76 Å². The topological polar surface area (TPSA) is 84.2 Å². The van der Waals surface area contributed by atoms with Gasteiger partial charge in [0.15, 0.2) is 0 Å². The molecule has 0 aliphatic heterocycles. The molecule has 1 rings (SSSR count). The van der Waals surface area contributed by atoms with Crippen LogP contribution < -0.4 is 16.4 Å². The second-order valence-corrected chi connectivity index (χ2v) is 4.44. The van der Waals surface area contributed by atoms with Gasteiger partial charge in [-0.25, -0.2) is 0 Å². The molecule has 1 aromatic rings. The molecular weight excluding hydrogens is 312 g/mol. The first-order valence-electron chi connectivity index (χ1n) is 5.33. The van der Waals surface area contributed by atoms with Gasteiger partial charge in [0.1, 0.15) is 0 Å². The summed E-state index contributed by atoms with van der Waals surface area (Å²) >= 11 is 0.341. The van der Waals surface area contributed by atoms with E-state index in [1.54, 1.807) is 12.1 Å². The number of rotatable bonds is 6. The zero-order valence-corrected chi connectivity index (χ0v) is 11.9. The van der Waals surface area contributed by atoms with E-state index in [0.29, 0.717) is 11.8 Å². The standard InChI is InChI=1S/C11H13F2N3O2S.ClH/c12-11(13)19-8-4-2-1-3-7(8)16-10(18)6-15-9(17)5-14;/h1-4,11H,5-6,14H2,(H,15,17)(H,16,18);1H. The minimum atomic E-state index is -2.57. The Labute approximate surface area is 125 Å². The average Bonchev–Trinajstić information content (AvgIpc) is 2.37. The molecule has 0 heterocycles. The highest BCUT2D eigenvalue weighted by Gasteiger charge is 2.11. The lowest BCUT2D eigenvalue weighted by atomic mass is 10.3. The van der Waals surface area contributed by atoms with E-state index in [1.165, 1.54) is 12.1 Å². The van der Waals surface area contributed by atoms with E-state index in [-0.39, 0.29) is 36.1 Å². The molecule has 0 fully saturated rings. The molecule has 0 aliphatic rings. The molecule has 0 spiro atoms. The summed E-state index contributed by atoms with van der Waals surface area (Å²) in [5, 5.41) is 4.73. The van der Waals surface area contributed by atoms with Crippen LogP contribution in [0.3, 0.4) is 0 Å².